The highest BCUT2D eigenvalue weighted by Gasteiger charge is 2.20. The molecule has 0 bridgehead atoms. The summed E-state index contributed by atoms with van der Waals surface area (Å²) >= 11 is 0. The van der Waals surface area contributed by atoms with Crippen molar-refractivity contribution in [3.8, 4) is 0 Å². The van der Waals surface area contributed by atoms with Gasteiger partial charge in [0.05, 0.1) is 0 Å². The number of rotatable bonds is 3. The zero-order valence-corrected chi connectivity index (χ0v) is 13.8. The molecule has 1 saturated heterocycles. The van der Waals surface area contributed by atoms with Crippen LogP contribution in [-0.4, -0.2) is 16.5 Å². The molecule has 0 spiro atoms. The Morgan fingerprint density at radius 1 is 1.05 bits per heavy atom. The molecule has 1 fully saturated rings. The molecule has 1 aliphatic rings. The smallest absolute Gasteiger partial charge is 0.133 e. The van der Waals surface area contributed by atoms with Crippen LogP contribution in [0.1, 0.15) is 59.2 Å². The highest BCUT2D eigenvalue weighted by Crippen LogP contribution is 2.27. The molecule has 1 aromatic heterocycles. The summed E-state index contributed by atoms with van der Waals surface area (Å²) in [6.07, 6.45) is 4.58. The van der Waals surface area contributed by atoms with Gasteiger partial charge in [0.1, 0.15) is 5.82 Å². The Bertz CT molecular complexity index is 634. The van der Waals surface area contributed by atoms with E-state index in [4.69, 9.17) is 9.97 Å². The molecule has 116 valence electrons. The summed E-state index contributed by atoms with van der Waals surface area (Å²) in [4.78, 5) is 9.59. The van der Waals surface area contributed by atoms with Gasteiger partial charge in [-0.1, -0.05) is 30.7 Å². The van der Waals surface area contributed by atoms with Gasteiger partial charge in [-0.25, -0.2) is 9.97 Å². The lowest BCUT2D eigenvalue weighted by Gasteiger charge is -2.26. The van der Waals surface area contributed by atoms with Gasteiger partial charge in [0, 0.05) is 29.4 Å². The first-order valence-corrected chi connectivity index (χ1v) is 8.27. The molecule has 2 heterocycles. The van der Waals surface area contributed by atoms with Gasteiger partial charge in [0.2, 0.25) is 0 Å². The van der Waals surface area contributed by atoms with E-state index < -0.39 is 0 Å². The summed E-state index contributed by atoms with van der Waals surface area (Å²) in [7, 11) is 0. The van der Waals surface area contributed by atoms with Crippen molar-refractivity contribution in [1.82, 2.24) is 15.3 Å². The van der Waals surface area contributed by atoms with E-state index in [1.54, 1.807) is 0 Å². The summed E-state index contributed by atoms with van der Waals surface area (Å²) in [5, 5.41) is 3.62. The molecule has 3 nitrogen and oxygen atoms in total. The van der Waals surface area contributed by atoms with E-state index >= 15 is 0 Å². The molecular weight excluding hydrogens is 270 g/mol. The van der Waals surface area contributed by atoms with Crippen LogP contribution in [-0.2, 0) is 6.42 Å². The number of aryl methyl sites for hydroxylation is 3. The molecule has 0 amide bonds. The van der Waals surface area contributed by atoms with Crippen LogP contribution < -0.4 is 5.32 Å². The first kappa shape index (κ1) is 15.2. The predicted molar refractivity (Wildman–Crippen MR) is 90.1 cm³/mol. The Balaban J connectivity index is 1.87. The second-order valence-corrected chi connectivity index (χ2v) is 6.33. The zero-order valence-electron chi connectivity index (χ0n) is 13.8. The van der Waals surface area contributed by atoms with Crippen molar-refractivity contribution in [3.63, 3.8) is 0 Å². The fraction of sp³-hybridized carbons (Fsp3) is 0.474. The number of nitrogens with zero attached hydrogens (tertiary/aromatic N) is 2. The van der Waals surface area contributed by atoms with Crippen LogP contribution in [0.4, 0.5) is 0 Å². The highest BCUT2D eigenvalue weighted by molar-refractivity contribution is 5.32. The second-order valence-electron chi connectivity index (χ2n) is 6.33. The van der Waals surface area contributed by atoms with Gasteiger partial charge in [0.15, 0.2) is 0 Å². The third-order valence-corrected chi connectivity index (χ3v) is 4.64. The van der Waals surface area contributed by atoms with E-state index in [0.717, 1.165) is 30.2 Å². The largest absolute Gasteiger partial charge is 0.310 e. The Labute approximate surface area is 133 Å². The van der Waals surface area contributed by atoms with E-state index in [1.165, 1.54) is 36.0 Å². The molecular formula is C19H25N3. The van der Waals surface area contributed by atoms with Crippen molar-refractivity contribution in [2.24, 2.45) is 0 Å². The van der Waals surface area contributed by atoms with Crippen molar-refractivity contribution in [2.75, 3.05) is 6.54 Å². The van der Waals surface area contributed by atoms with E-state index in [2.05, 4.69) is 50.4 Å². The van der Waals surface area contributed by atoms with Crippen LogP contribution in [0.5, 0.6) is 0 Å². The number of hydrogen-bond acceptors (Lipinski definition) is 3. The summed E-state index contributed by atoms with van der Waals surface area (Å²) < 4.78 is 0. The van der Waals surface area contributed by atoms with E-state index in [-0.39, 0.29) is 0 Å². The van der Waals surface area contributed by atoms with E-state index in [0.29, 0.717) is 6.04 Å². The first-order valence-electron chi connectivity index (χ1n) is 8.27. The molecule has 22 heavy (non-hydrogen) atoms. The molecule has 3 heteroatoms. The minimum absolute atomic E-state index is 0.432. The Morgan fingerprint density at radius 2 is 1.77 bits per heavy atom. The molecule has 1 N–H and O–H groups in total. The van der Waals surface area contributed by atoms with Gasteiger partial charge in [-0.05, 0) is 51.3 Å². The Hall–Kier alpha value is -1.74. The normalized spacial score (nSPS) is 18.4. The average molecular weight is 295 g/mol. The summed E-state index contributed by atoms with van der Waals surface area (Å²) in [6, 6.07) is 8.91. The van der Waals surface area contributed by atoms with E-state index in [1.807, 2.05) is 0 Å². The SMILES string of the molecule is Cc1ccccc1Cc1nc(C)c(C2CCCCN2)c(C)n1. The maximum absolute atomic E-state index is 4.79. The summed E-state index contributed by atoms with van der Waals surface area (Å²) in [6.45, 7) is 7.51. The molecule has 1 aliphatic heterocycles. The maximum atomic E-state index is 4.79. The second kappa shape index (κ2) is 6.57. The molecule has 2 aromatic rings. The van der Waals surface area contributed by atoms with Crippen LogP contribution in [0.2, 0.25) is 0 Å². The number of piperidine rings is 1. The standard InChI is InChI=1S/C19H25N3/c1-13-8-4-5-9-16(13)12-18-21-14(2)19(15(3)22-18)17-10-6-7-11-20-17/h4-5,8-9,17,20H,6-7,10-12H2,1-3H3. The maximum Gasteiger partial charge on any atom is 0.133 e. The van der Waals surface area contributed by atoms with Gasteiger partial charge in [-0.2, -0.15) is 0 Å². The van der Waals surface area contributed by atoms with Crippen LogP contribution in [0.3, 0.4) is 0 Å². The first-order chi connectivity index (χ1) is 10.6. The lowest BCUT2D eigenvalue weighted by molar-refractivity contribution is 0.407. The van der Waals surface area contributed by atoms with Gasteiger partial charge in [0.25, 0.3) is 0 Å². The van der Waals surface area contributed by atoms with Crippen LogP contribution in [0, 0.1) is 20.8 Å². The van der Waals surface area contributed by atoms with Crippen molar-refractivity contribution in [2.45, 2.75) is 52.5 Å². The monoisotopic (exact) mass is 295 g/mol. The van der Waals surface area contributed by atoms with Gasteiger partial charge >= 0.3 is 0 Å². The number of nitrogens with one attached hydrogen (secondary N) is 1. The van der Waals surface area contributed by atoms with Crippen molar-refractivity contribution >= 4 is 0 Å². The fourth-order valence-electron chi connectivity index (χ4n) is 3.45. The summed E-state index contributed by atoms with van der Waals surface area (Å²) in [5.41, 5.74) is 6.20. The third kappa shape index (κ3) is 3.20. The molecule has 0 radical (unpaired) electrons. The van der Waals surface area contributed by atoms with Gasteiger partial charge < -0.3 is 5.32 Å². The molecule has 1 aromatic carbocycles. The van der Waals surface area contributed by atoms with E-state index in [9.17, 15) is 0 Å². The van der Waals surface area contributed by atoms with Crippen molar-refractivity contribution in [3.05, 3.63) is 58.2 Å². The Morgan fingerprint density at radius 3 is 2.41 bits per heavy atom. The lowest BCUT2D eigenvalue weighted by atomic mass is 9.95. The Kier molecular flexibility index (Phi) is 4.53. The molecule has 0 saturated carbocycles. The molecule has 0 aliphatic carbocycles. The third-order valence-electron chi connectivity index (χ3n) is 4.64. The number of aromatic nitrogens is 2. The number of benzene rings is 1. The molecule has 1 unspecified atom stereocenters. The van der Waals surface area contributed by atoms with Gasteiger partial charge in [-0.15, -0.1) is 0 Å². The fourth-order valence-corrected chi connectivity index (χ4v) is 3.45. The molecule has 1 atom stereocenters. The minimum atomic E-state index is 0.432. The zero-order chi connectivity index (χ0) is 15.5. The minimum Gasteiger partial charge on any atom is -0.310 e. The number of hydrogen-bond donors (Lipinski definition) is 1. The van der Waals surface area contributed by atoms with Crippen LogP contribution in [0.25, 0.3) is 0 Å². The van der Waals surface area contributed by atoms with Crippen LogP contribution in [0.15, 0.2) is 24.3 Å². The lowest BCUT2D eigenvalue weighted by Crippen LogP contribution is -2.28. The predicted octanol–water partition coefficient (Wildman–Crippen LogP) is 3.81. The van der Waals surface area contributed by atoms with Crippen molar-refractivity contribution in [1.29, 1.82) is 0 Å². The molecule has 3 rings (SSSR count). The topological polar surface area (TPSA) is 37.8 Å². The van der Waals surface area contributed by atoms with Crippen molar-refractivity contribution < 1.29 is 0 Å². The average Bonchev–Trinajstić information content (AvgIpc) is 2.50. The van der Waals surface area contributed by atoms with Crippen LogP contribution >= 0.6 is 0 Å². The highest BCUT2D eigenvalue weighted by atomic mass is 15.0. The summed E-state index contributed by atoms with van der Waals surface area (Å²) in [5.74, 6) is 0.934. The van der Waals surface area contributed by atoms with Gasteiger partial charge in [-0.3, -0.25) is 0 Å². The quantitative estimate of drug-likeness (QED) is 0.935.